The Hall–Kier alpha value is -2.18. The highest BCUT2D eigenvalue weighted by atomic mass is 35.5. The topological polar surface area (TPSA) is 49.4 Å². The van der Waals surface area contributed by atoms with Crippen LogP contribution in [-0.2, 0) is 28.3 Å². The van der Waals surface area contributed by atoms with Crippen LogP contribution >= 0.6 is 46.6 Å². The summed E-state index contributed by atoms with van der Waals surface area (Å²) in [6.07, 6.45) is 1.18. The molecular formula is C29H31Cl3N2O2S. The fourth-order valence-corrected chi connectivity index (χ4v) is 5.21. The van der Waals surface area contributed by atoms with E-state index in [1.807, 2.05) is 68.4 Å². The lowest BCUT2D eigenvalue weighted by atomic mass is 10.0. The highest BCUT2D eigenvalue weighted by Crippen LogP contribution is 2.25. The van der Waals surface area contributed by atoms with Gasteiger partial charge in [0.15, 0.2) is 0 Å². The van der Waals surface area contributed by atoms with Crippen molar-refractivity contribution >= 4 is 58.4 Å². The Balaban J connectivity index is 1.88. The zero-order valence-corrected chi connectivity index (χ0v) is 24.0. The molecule has 8 heteroatoms. The molecule has 0 bridgehead atoms. The molecule has 4 nitrogen and oxygen atoms in total. The average molecular weight is 578 g/mol. The molecule has 0 aliphatic carbocycles. The second-order valence-corrected chi connectivity index (χ2v) is 11.2. The molecule has 0 radical (unpaired) electrons. The molecule has 3 aromatic rings. The number of thioether (sulfide) groups is 1. The van der Waals surface area contributed by atoms with Crippen LogP contribution in [0, 0.1) is 0 Å². The molecule has 1 N–H and O–H groups in total. The second-order valence-electron chi connectivity index (χ2n) is 8.90. The molecule has 196 valence electrons. The highest BCUT2D eigenvalue weighted by molar-refractivity contribution is 7.99. The van der Waals surface area contributed by atoms with Gasteiger partial charge in [-0.05, 0) is 54.3 Å². The van der Waals surface area contributed by atoms with E-state index in [1.165, 1.54) is 11.8 Å². The van der Waals surface area contributed by atoms with E-state index in [2.05, 4.69) is 5.32 Å². The largest absolute Gasteiger partial charge is 0.352 e. The van der Waals surface area contributed by atoms with Crippen LogP contribution in [-0.4, -0.2) is 34.6 Å². The summed E-state index contributed by atoms with van der Waals surface area (Å²) in [5.41, 5.74) is 2.78. The third kappa shape index (κ3) is 9.26. The first kappa shape index (κ1) is 29.4. The number of carbonyl (C=O) groups is 2. The van der Waals surface area contributed by atoms with E-state index in [4.69, 9.17) is 34.8 Å². The van der Waals surface area contributed by atoms with Crippen molar-refractivity contribution in [3.05, 3.63) is 105 Å². The van der Waals surface area contributed by atoms with Gasteiger partial charge in [0.25, 0.3) is 0 Å². The molecule has 3 aromatic carbocycles. The van der Waals surface area contributed by atoms with E-state index in [1.54, 1.807) is 23.1 Å². The Kier molecular flexibility index (Phi) is 11.7. The Morgan fingerprint density at radius 2 is 1.59 bits per heavy atom. The zero-order chi connectivity index (χ0) is 26.8. The molecular weight excluding hydrogens is 547 g/mol. The number of benzene rings is 3. The van der Waals surface area contributed by atoms with Crippen LogP contribution in [0.4, 0.5) is 0 Å². The number of hydrogen-bond donors (Lipinski definition) is 1. The van der Waals surface area contributed by atoms with Crippen molar-refractivity contribution in [2.24, 2.45) is 0 Å². The van der Waals surface area contributed by atoms with Crippen molar-refractivity contribution in [2.75, 3.05) is 5.75 Å². The van der Waals surface area contributed by atoms with Gasteiger partial charge in [-0.25, -0.2) is 0 Å². The Labute approximate surface area is 238 Å². The van der Waals surface area contributed by atoms with Crippen LogP contribution in [0.15, 0.2) is 72.8 Å². The van der Waals surface area contributed by atoms with Crippen LogP contribution in [0.1, 0.15) is 37.0 Å². The molecule has 0 heterocycles. The van der Waals surface area contributed by atoms with Crippen molar-refractivity contribution in [2.45, 2.75) is 51.1 Å². The quantitative estimate of drug-likeness (QED) is 0.243. The van der Waals surface area contributed by atoms with Gasteiger partial charge in [0.2, 0.25) is 11.8 Å². The molecule has 0 saturated heterocycles. The summed E-state index contributed by atoms with van der Waals surface area (Å²) in [4.78, 5) is 28.9. The summed E-state index contributed by atoms with van der Waals surface area (Å²) >= 11 is 20.1. The molecule has 0 aromatic heterocycles. The Bertz CT molecular complexity index is 1180. The molecule has 2 atom stereocenters. The van der Waals surface area contributed by atoms with Crippen molar-refractivity contribution in [1.82, 2.24) is 10.2 Å². The van der Waals surface area contributed by atoms with Crippen molar-refractivity contribution in [1.29, 1.82) is 0 Å². The molecule has 0 fully saturated rings. The number of amides is 2. The van der Waals surface area contributed by atoms with E-state index < -0.39 is 6.04 Å². The zero-order valence-electron chi connectivity index (χ0n) is 20.9. The van der Waals surface area contributed by atoms with E-state index >= 15 is 0 Å². The first-order chi connectivity index (χ1) is 17.8. The fraction of sp³-hybridized carbons (Fsp3) is 0.310. The van der Waals surface area contributed by atoms with Gasteiger partial charge in [-0.1, -0.05) is 90.3 Å². The van der Waals surface area contributed by atoms with Gasteiger partial charge >= 0.3 is 0 Å². The van der Waals surface area contributed by atoms with Crippen LogP contribution in [0.5, 0.6) is 0 Å². The lowest BCUT2D eigenvalue weighted by Gasteiger charge is -2.32. The normalized spacial score (nSPS) is 12.6. The summed E-state index contributed by atoms with van der Waals surface area (Å²) in [5.74, 6) is 0.556. The molecule has 37 heavy (non-hydrogen) atoms. The van der Waals surface area contributed by atoms with E-state index in [9.17, 15) is 9.59 Å². The first-order valence-corrected chi connectivity index (χ1v) is 14.5. The maximum Gasteiger partial charge on any atom is 0.243 e. The van der Waals surface area contributed by atoms with Crippen LogP contribution in [0.2, 0.25) is 15.1 Å². The number of carbonyl (C=O) groups excluding carboxylic acids is 2. The van der Waals surface area contributed by atoms with E-state index in [0.717, 1.165) is 23.1 Å². The van der Waals surface area contributed by atoms with Gasteiger partial charge in [-0.15, -0.1) is 11.8 Å². The van der Waals surface area contributed by atoms with Crippen molar-refractivity contribution in [3.63, 3.8) is 0 Å². The van der Waals surface area contributed by atoms with E-state index in [0.29, 0.717) is 27.2 Å². The third-order valence-corrected chi connectivity index (χ3v) is 7.86. The maximum atomic E-state index is 13.7. The lowest BCUT2D eigenvalue weighted by molar-refractivity contribution is -0.139. The Morgan fingerprint density at radius 3 is 2.24 bits per heavy atom. The van der Waals surface area contributed by atoms with Gasteiger partial charge in [0.1, 0.15) is 6.04 Å². The molecule has 0 unspecified atom stereocenters. The van der Waals surface area contributed by atoms with Crippen LogP contribution in [0.25, 0.3) is 0 Å². The van der Waals surface area contributed by atoms with Crippen molar-refractivity contribution in [3.8, 4) is 0 Å². The fourth-order valence-electron chi connectivity index (χ4n) is 3.75. The molecule has 0 saturated carbocycles. The SMILES string of the molecule is CC[C@@H](C)NC(=O)[C@@H](Cc1ccccc1)N(Cc1ccc(Cl)cc1Cl)C(=O)CSCc1ccc(Cl)cc1. The number of halogens is 3. The monoisotopic (exact) mass is 576 g/mol. The summed E-state index contributed by atoms with van der Waals surface area (Å²) in [7, 11) is 0. The molecule has 2 amide bonds. The summed E-state index contributed by atoms with van der Waals surface area (Å²) in [6.45, 7) is 4.17. The molecule has 3 rings (SSSR count). The Morgan fingerprint density at radius 1 is 0.919 bits per heavy atom. The van der Waals surface area contributed by atoms with Gasteiger partial charge in [0, 0.05) is 39.8 Å². The predicted octanol–water partition coefficient (Wildman–Crippen LogP) is 7.43. The molecule has 0 aliphatic rings. The van der Waals surface area contributed by atoms with Gasteiger partial charge in [-0.3, -0.25) is 9.59 Å². The van der Waals surface area contributed by atoms with Gasteiger partial charge < -0.3 is 10.2 Å². The minimum absolute atomic E-state index is 0.0128. The third-order valence-electron chi connectivity index (χ3n) is 6.04. The minimum Gasteiger partial charge on any atom is -0.352 e. The summed E-state index contributed by atoms with van der Waals surface area (Å²) < 4.78 is 0. The van der Waals surface area contributed by atoms with Gasteiger partial charge in [-0.2, -0.15) is 0 Å². The summed E-state index contributed by atoms with van der Waals surface area (Å²) in [5, 5.41) is 4.72. The highest BCUT2D eigenvalue weighted by Gasteiger charge is 2.31. The second kappa shape index (κ2) is 14.7. The van der Waals surface area contributed by atoms with Crippen LogP contribution < -0.4 is 5.32 Å². The predicted molar refractivity (Wildman–Crippen MR) is 156 cm³/mol. The minimum atomic E-state index is -0.702. The number of rotatable bonds is 12. The maximum absolute atomic E-state index is 13.7. The van der Waals surface area contributed by atoms with Gasteiger partial charge in [0.05, 0.1) is 5.75 Å². The first-order valence-electron chi connectivity index (χ1n) is 12.2. The number of hydrogen-bond acceptors (Lipinski definition) is 3. The molecule has 0 aliphatic heterocycles. The standard InChI is InChI=1S/C29H31Cl3N2O2S/c1-3-20(2)33-29(36)27(15-21-7-5-4-6-8-21)34(17-23-11-14-25(31)16-26(23)32)28(35)19-37-18-22-9-12-24(30)13-10-22/h4-14,16,20,27H,3,15,17-19H2,1-2H3,(H,33,36)/t20-,27-/m1/s1. The summed E-state index contributed by atoms with van der Waals surface area (Å²) in [6, 6.07) is 21.8. The average Bonchev–Trinajstić information content (AvgIpc) is 2.88. The number of nitrogens with zero attached hydrogens (tertiary/aromatic N) is 1. The molecule has 0 spiro atoms. The smallest absolute Gasteiger partial charge is 0.243 e. The number of nitrogens with one attached hydrogen (secondary N) is 1. The van der Waals surface area contributed by atoms with Crippen LogP contribution in [0.3, 0.4) is 0 Å². The van der Waals surface area contributed by atoms with E-state index in [-0.39, 0.29) is 30.2 Å². The lowest BCUT2D eigenvalue weighted by Crippen LogP contribution is -2.52. The van der Waals surface area contributed by atoms with Crippen molar-refractivity contribution < 1.29 is 9.59 Å².